The van der Waals surface area contributed by atoms with Gasteiger partial charge in [-0.05, 0) is 54.7 Å². The van der Waals surface area contributed by atoms with Crippen LogP contribution in [0.25, 0.3) is 11.0 Å². The van der Waals surface area contributed by atoms with E-state index in [1.165, 1.54) is 23.4 Å². The molecule has 3 aromatic rings. The average Bonchev–Trinajstić information content (AvgIpc) is 2.64. The predicted octanol–water partition coefficient (Wildman–Crippen LogP) is 4.00. The Morgan fingerprint density at radius 1 is 1.07 bits per heavy atom. The van der Waals surface area contributed by atoms with Crippen molar-refractivity contribution in [2.24, 2.45) is 0 Å². The van der Waals surface area contributed by atoms with Crippen LogP contribution in [0.5, 0.6) is 0 Å². The Balaban J connectivity index is 1.55. The molecule has 0 radical (unpaired) electrons. The van der Waals surface area contributed by atoms with Crippen molar-refractivity contribution in [1.82, 2.24) is 5.32 Å². The van der Waals surface area contributed by atoms with Crippen LogP contribution in [0, 0.1) is 13.8 Å². The van der Waals surface area contributed by atoms with E-state index >= 15 is 0 Å². The number of nitrogens with one attached hydrogen (secondary N) is 1. The molecule has 0 aliphatic carbocycles. The first-order valence-electron chi connectivity index (χ1n) is 8.95. The highest BCUT2D eigenvalue weighted by Gasteiger charge is 2.09. The molecule has 1 amide bonds. The van der Waals surface area contributed by atoms with E-state index in [0.717, 1.165) is 28.5 Å². The van der Waals surface area contributed by atoms with E-state index in [4.69, 9.17) is 4.42 Å². The Hall–Kier alpha value is -2.53. The van der Waals surface area contributed by atoms with Crippen LogP contribution in [-0.4, -0.2) is 18.2 Å². The van der Waals surface area contributed by atoms with Gasteiger partial charge in [-0.3, -0.25) is 4.79 Å². The van der Waals surface area contributed by atoms with Crippen LogP contribution >= 0.6 is 11.8 Å². The first-order valence-corrected chi connectivity index (χ1v) is 10.1. The van der Waals surface area contributed by atoms with Gasteiger partial charge in [0.1, 0.15) is 5.58 Å². The van der Waals surface area contributed by atoms with Crippen molar-refractivity contribution >= 4 is 28.6 Å². The number of amides is 1. The van der Waals surface area contributed by atoms with E-state index in [-0.39, 0.29) is 11.5 Å². The van der Waals surface area contributed by atoms with Crippen LogP contribution < -0.4 is 10.9 Å². The molecule has 2 aromatic carbocycles. The summed E-state index contributed by atoms with van der Waals surface area (Å²) >= 11 is 1.50. The predicted molar refractivity (Wildman–Crippen MR) is 111 cm³/mol. The maximum atomic E-state index is 12.0. The Labute approximate surface area is 163 Å². The maximum absolute atomic E-state index is 12.0. The van der Waals surface area contributed by atoms with Crippen LogP contribution in [0.15, 0.2) is 57.7 Å². The molecule has 140 valence electrons. The lowest BCUT2D eigenvalue weighted by molar-refractivity contribution is -0.118. The lowest BCUT2D eigenvalue weighted by Gasteiger charge is -2.09. The van der Waals surface area contributed by atoms with E-state index in [1.54, 1.807) is 0 Å². The quantitative estimate of drug-likeness (QED) is 0.629. The van der Waals surface area contributed by atoms with Gasteiger partial charge in [0, 0.05) is 23.8 Å². The van der Waals surface area contributed by atoms with Crippen LogP contribution in [0.2, 0.25) is 0 Å². The number of carbonyl (C=O) groups is 1. The third-order valence-electron chi connectivity index (χ3n) is 4.51. The topological polar surface area (TPSA) is 59.3 Å². The van der Waals surface area contributed by atoms with Crippen LogP contribution in [0.4, 0.5) is 0 Å². The summed E-state index contributed by atoms with van der Waals surface area (Å²) in [6, 6.07) is 15.5. The summed E-state index contributed by atoms with van der Waals surface area (Å²) in [5, 5.41) is 3.88. The summed E-state index contributed by atoms with van der Waals surface area (Å²) in [5.41, 5.74) is 4.61. The molecule has 0 saturated heterocycles. The molecule has 1 aromatic heterocycles. The van der Waals surface area contributed by atoms with Gasteiger partial charge in [0.2, 0.25) is 5.91 Å². The van der Waals surface area contributed by atoms with Gasteiger partial charge in [0.25, 0.3) is 0 Å². The number of aryl methyl sites for hydroxylation is 2. The average molecular weight is 381 g/mol. The second-order valence-electron chi connectivity index (χ2n) is 6.60. The van der Waals surface area contributed by atoms with Gasteiger partial charge in [0.05, 0.1) is 5.75 Å². The summed E-state index contributed by atoms with van der Waals surface area (Å²) in [6.45, 7) is 4.66. The number of thioether (sulfide) groups is 1. The zero-order chi connectivity index (χ0) is 19.2. The molecule has 1 heterocycles. The first kappa shape index (κ1) is 19.2. The van der Waals surface area contributed by atoms with E-state index in [9.17, 15) is 9.59 Å². The molecule has 0 saturated carbocycles. The van der Waals surface area contributed by atoms with Gasteiger partial charge in [-0.2, -0.15) is 0 Å². The van der Waals surface area contributed by atoms with Crippen molar-refractivity contribution in [1.29, 1.82) is 0 Å². The van der Waals surface area contributed by atoms with Gasteiger partial charge >= 0.3 is 5.63 Å². The maximum Gasteiger partial charge on any atom is 0.336 e. The molecule has 0 atom stereocenters. The highest BCUT2D eigenvalue weighted by molar-refractivity contribution is 7.99. The summed E-state index contributed by atoms with van der Waals surface area (Å²) < 4.78 is 5.32. The third kappa shape index (κ3) is 5.23. The molecule has 0 spiro atoms. The number of hydrogen-bond donors (Lipinski definition) is 1. The van der Waals surface area contributed by atoms with Gasteiger partial charge < -0.3 is 9.73 Å². The second-order valence-corrected chi connectivity index (χ2v) is 7.59. The van der Waals surface area contributed by atoms with E-state index in [0.29, 0.717) is 23.6 Å². The fraction of sp³-hybridized carbons (Fsp3) is 0.273. The molecule has 0 aliphatic heterocycles. The zero-order valence-corrected chi connectivity index (χ0v) is 16.4. The third-order valence-corrected chi connectivity index (χ3v) is 5.50. The van der Waals surface area contributed by atoms with Gasteiger partial charge in [-0.25, -0.2) is 4.79 Å². The van der Waals surface area contributed by atoms with Crippen molar-refractivity contribution in [3.8, 4) is 0 Å². The minimum absolute atomic E-state index is 0.00947. The lowest BCUT2D eigenvalue weighted by Crippen LogP contribution is -2.27. The molecule has 1 N–H and O–H groups in total. The van der Waals surface area contributed by atoms with Crippen LogP contribution in [0.1, 0.15) is 22.3 Å². The lowest BCUT2D eigenvalue weighted by atomic mass is 10.0. The standard InChI is InChI=1S/C22H23NO3S/c1-15-10-19-18(12-22(25)26-20(19)11-16(15)2)13-27-14-21(24)23-9-8-17-6-4-3-5-7-17/h3-7,10-12H,8-9,13-14H2,1-2H3,(H,23,24). The number of fused-ring (bicyclic) bond motifs is 1. The van der Waals surface area contributed by atoms with Crippen molar-refractivity contribution in [2.45, 2.75) is 26.0 Å². The van der Waals surface area contributed by atoms with E-state index in [1.807, 2.05) is 44.2 Å². The monoisotopic (exact) mass is 381 g/mol. The van der Waals surface area contributed by atoms with Crippen molar-refractivity contribution < 1.29 is 9.21 Å². The minimum Gasteiger partial charge on any atom is -0.423 e. The van der Waals surface area contributed by atoms with Crippen molar-refractivity contribution in [2.75, 3.05) is 12.3 Å². The number of carbonyl (C=O) groups excluding carboxylic acids is 1. The highest BCUT2D eigenvalue weighted by atomic mass is 32.2. The minimum atomic E-state index is -0.353. The fourth-order valence-electron chi connectivity index (χ4n) is 2.90. The summed E-state index contributed by atoms with van der Waals surface area (Å²) in [7, 11) is 0. The highest BCUT2D eigenvalue weighted by Crippen LogP contribution is 2.24. The van der Waals surface area contributed by atoms with Crippen LogP contribution in [0.3, 0.4) is 0 Å². The Morgan fingerprint density at radius 3 is 2.59 bits per heavy atom. The van der Waals surface area contributed by atoms with Crippen molar-refractivity contribution in [3.05, 3.63) is 81.2 Å². The SMILES string of the molecule is Cc1cc2oc(=O)cc(CSCC(=O)NCCc3ccccc3)c2cc1C. The van der Waals surface area contributed by atoms with Gasteiger partial charge in [0.15, 0.2) is 0 Å². The molecule has 4 nitrogen and oxygen atoms in total. The summed E-state index contributed by atoms with van der Waals surface area (Å²) in [5.74, 6) is 0.966. The Morgan fingerprint density at radius 2 is 1.81 bits per heavy atom. The molecular formula is C22H23NO3S. The number of hydrogen-bond acceptors (Lipinski definition) is 4. The van der Waals surface area contributed by atoms with Gasteiger partial charge in [-0.15, -0.1) is 11.8 Å². The molecule has 27 heavy (non-hydrogen) atoms. The van der Waals surface area contributed by atoms with E-state index in [2.05, 4.69) is 17.4 Å². The largest absolute Gasteiger partial charge is 0.423 e. The fourth-order valence-corrected chi connectivity index (χ4v) is 3.75. The van der Waals surface area contributed by atoms with E-state index < -0.39 is 0 Å². The molecular weight excluding hydrogens is 358 g/mol. The van der Waals surface area contributed by atoms with Gasteiger partial charge in [-0.1, -0.05) is 30.3 Å². The van der Waals surface area contributed by atoms with Crippen LogP contribution in [-0.2, 0) is 17.0 Å². The second kappa shape index (κ2) is 8.91. The zero-order valence-electron chi connectivity index (χ0n) is 15.6. The molecule has 3 rings (SSSR count). The first-order chi connectivity index (χ1) is 13.0. The Kier molecular flexibility index (Phi) is 6.35. The summed E-state index contributed by atoms with van der Waals surface area (Å²) in [4.78, 5) is 23.9. The van der Waals surface area contributed by atoms with Crippen molar-refractivity contribution in [3.63, 3.8) is 0 Å². The molecule has 0 aliphatic rings. The Bertz CT molecular complexity index is 996. The molecule has 0 unspecified atom stereocenters. The normalized spacial score (nSPS) is 10.9. The molecule has 0 fully saturated rings. The number of benzene rings is 2. The molecule has 5 heteroatoms. The molecule has 0 bridgehead atoms. The number of rotatable bonds is 7. The smallest absolute Gasteiger partial charge is 0.336 e. The summed E-state index contributed by atoms with van der Waals surface area (Å²) in [6.07, 6.45) is 0.820.